The fraction of sp³-hybridized carbons (Fsp3) is 0.148. The summed E-state index contributed by atoms with van der Waals surface area (Å²) in [7, 11) is 0. The van der Waals surface area contributed by atoms with Crippen LogP contribution in [-0.4, -0.2) is 44.0 Å². The minimum absolute atomic E-state index is 0.0292. The van der Waals surface area contributed by atoms with Crippen molar-refractivity contribution in [1.82, 2.24) is 25.1 Å². The molecule has 0 saturated carbocycles. The average Bonchev–Trinajstić information content (AvgIpc) is 3.63. The number of hydrogen-bond acceptors (Lipinski definition) is 7. The summed E-state index contributed by atoms with van der Waals surface area (Å²) in [6, 6.07) is 17.6. The maximum atomic E-state index is 13.6. The highest BCUT2D eigenvalue weighted by Crippen LogP contribution is 2.32. The Bertz CT molecular complexity index is 1650. The molecule has 2 N–H and O–H groups in total. The van der Waals surface area contributed by atoms with Crippen molar-refractivity contribution in [2.24, 2.45) is 0 Å². The number of carbonyl (C=O) groups is 3. The zero-order valence-electron chi connectivity index (χ0n) is 20.4. The Labute approximate surface area is 226 Å². The Morgan fingerprint density at radius 1 is 1.05 bits per heavy atom. The van der Waals surface area contributed by atoms with Gasteiger partial charge in [0, 0.05) is 16.5 Å². The van der Waals surface area contributed by atoms with Gasteiger partial charge in [0.15, 0.2) is 11.6 Å². The number of aromatic amines is 1. The molecule has 192 valence electrons. The lowest BCUT2D eigenvalue weighted by atomic mass is 10.0. The predicted molar refractivity (Wildman–Crippen MR) is 144 cm³/mol. The number of benzene rings is 2. The van der Waals surface area contributed by atoms with E-state index in [4.69, 9.17) is 16.3 Å². The minimum Gasteiger partial charge on any atom is -0.462 e. The summed E-state index contributed by atoms with van der Waals surface area (Å²) in [4.78, 5) is 42.4. The van der Waals surface area contributed by atoms with Crippen LogP contribution in [0.2, 0.25) is 5.02 Å². The van der Waals surface area contributed by atoms with Gasteiger partial charge in [-0.2, -0.15) is 0 Å². The summed E-state index contributed by atoms with van der Waals surface area (Å²) >= 11 is 7.39. The molecule has 0 atom stereocenters. The number of aromatic nitrogens is 4. The van der Waals surface area contributed by atoms with E-state index in [1.54, 1.807) is 48.7 Å². The molecule has 0 radical (unpaired) electrons. The fourth-order valence-electron chi connectivity index (χ4n) is 4.04. The molecular weight excluding hydrogens is 526 g/mol. The number of hydrogen-bond donors (Lipinski definition) is 2. The van der Waals surface area contributed by atoms with Crippen molar-refractivity contribution in [3.05, 3.63) is 99.0 Å². The van der Waals surface area contributed by atoms with Gasteiger partial charge in [0.1, 0.15) is 21.4 Å². The van der Waals surface area contributed by atoms with Crippen LogP contribution in [0.1, 0.15) is 54.7 Å². The number of nitrogens with zero attached hydrogens (tertiary/aromatic N) is 3. The largest absolute Gasteiger partial charge is 0.462 e. The normalized spacial score (nSPS) is 11.0. The summed E-state index contributed by atoms with van der Waals surface area (Å²) in [6.45, 7) is 3.65. The first kappa shape index (κ1) is 25.4. The van der Waals surface area contributed by atoms with E-state index in [0.29, 0.717) is 32.9 Å². The number of nitrogens with one attached hydrogen (secondary N) is 2. The highest BCUT2D eigenvalue weighted by Gasteiger charge is 2.26. The van der Waals surface area contributed by atoms with Crippen LogP contribution in [0.5, 0.6) is 0 Å². The SMILES string of the molecule is CCOC(=O)c1cc(C(=O)c2ccccc2Cl)c(-n2c(C)nnc2CNC(=O)c2cc3ccccc3[nH]2)s1. The van der Waals surface area contributed by atoms with Gasteiger partial charge in [-0.3, -0.25) is 14.2 Å². The van der Waals surface area contributed by atoms with Gasteiger partial charge >= 0.3 is 5.97 Å². The van der Waals surface area contributed by atoms with Crippen molar-refractivity contribution < 1.29 is 19.1 Å². The molecule has 1 amide bonds. The van der Waals surface area contributed by atoms with Crippen LogP contribution >= 0.6 is 22.9 Å². The molecule has 0 unspecified atom stereocenters. The smallest absolute Gasteiger partial charge is 0.348 e. The molecule has 5 rings (SSSR count). The summed E-state index contributed by atoms with van der Waals surface area (Å²) in [5.41, 5.74) is 1.80. The minimum atomic E-state index is -0.545. The lowest BCUT2D eigenvalue weighted by Crippen LogP contribution is -2.25. The number of H-pyrrole nitrogens is 1. The monoisotopic (exact) mass is 547 g/mol. The third-order valence-electron chi connectivity index (χ3n) is 5.83. The number of rotatable bonds is 8. The highest BCUT2D eigenvalue weighted by atomic mass is 35.5. The topological polar surface area (TPSA) is 119 Å². The molecule has 0 aliphatic heterocycles. The van der Waals surface area contributed by atoms with Crippen molar-refractivity contribution in [3.63, 3.8) is 0 Å². The number of para-hydroxylation sites is 1. The molecular formula is C27H22ClN5O4S. The van der Waals surface area contributed by atoms with Crippen LogP contribution in [0, 0.1) is 6.92 Å². The maximum absolute atomic E-state index is 13.6. The summed E-state index contributed by atoms with van der Waals surface area (Å²) in [6.07, 6.45) is 0. The number of fused-ring (bicyclic) bond motifs is 1. The number of thiophene rings is 1. The summed E-state index contributed by atoms with van der Waals surface area (Å²) < 4.78 is 6.83. The van der Waals surface area contributed by atoms with Gasteiger partial charge < -0.3 is 15.0 Å². The van der Waals surface area contributed by atoms with E-state index in [9.17, 15) is 14.4 Å². The quantitative estimate of drug-likeness (QED) is 0.206. The molecule has 11 heteroatoms. The number of aryl methyl sites for hydroxylation is 1. The molecule has 0 saturated heterocycles. The first-order valence-electron chi connectivity index (χ1n) is 11.7. The van der Waals surface area contributed by atoms with Gasteiger partial charge in [0.2, 0.25) is 0 Å². The van der Waals surface area contributed by atoms with Crippen LogP contribution < -0.4 is 5.32 Å². The zero-order valence-corrected chi connectivity index (χ0v) is 22.0. The number of ketones is 1. The van der Waals surface area contributed by atoms with Crippen molar-refractivity contribution in [2.45, 2.75) is 20.4 Å². The van der Waals surface area contributed by atoms with E-state index in [2.05, 4.69) is 20.5 Å². The van der Waals surface area contributed by atoms with Gasteiger partial charge in [-0.15, -0.1) is 21.5 Å². The summed E-state index contributed by atoms with van der Waals surface area (Å²) in [5, 5.41) is 12.9. The van der Waals surface area contributed by atoms with E-state index < -0.39 is 5.97 Å². The van der Waals surface area contributed by atoms with Gasteiger partial charge in [0.05, 0.1) is 23.7 Å². The maximum Gasteiger partial charge on any atom is 0.348 e. The van der Waals surface area contributed by atoms with E-state index in [1.165, 1.54) is 6.07 Å². The fourth-order valence-corrected chi connectivity index (χ4v) is 5.38. The molecule has 2 aromatic carbocycles. The van der Waals surface area contributed by atoms with E-state index in [-0.39, 0.29) is 35.3 Å². The highest BCUT2D eigenvalue weighted by molar-refractivity contribution is 7.16. The second kappa shape index (κ2) is 10.6. The molecule has 3 heterocycles. The van der Waals surface area contributed by atoms with Gasteiger partial charge in [-0.25, -0.2) is 4.79 Å². The van der Waals surface area contributed by atoms with Crippen LogP contribution in [-0.2, 0) is 11.3 Å². The third kappa shape index (κ3) is 4.83. The molecule has 9 nitrogen and oxygen atoms in total. The van der Waals surface area contributed by atoms with Crippen LogP contribution in [0.15, 0.2) is 60.7 Å². The molecule has 0 aliphatic rings. The van der Waals surface area contributed by atoms with Crippen LogP contribution in [0.3, 0.4) is 0 Å². The zero-order chi connectivity index (χ0) is 26.8. The molecule has 3 aromatic heterocycles. The van der Waals surface area contributed by atoms with E-state index >= 15 is 0 Å². The van der Waals surface area contributed by atoms with E-state index in [0.717, 1.165) is 22.2 Å². The van der Waals surface area contributed by atoms with Gasteiger partial charge in [-0.05, 0) is 44.2 Å². The Balaban J connectivity index is 1.50. The Kier molecular flexibility index (Phi) is 7.08. The van der Waals surface area contributed by atoms with Crippen LogP contribution in [0.25, 0.3) is 15.9 Å². The molecule has 0 spiro atoms. The number of carbonyl (C=O) groups excluding carboxylic acids is 3. The molecule has 0 aliphatic carbocycles. The lowest BCUT2D eigenvalue weighted by Gasteiger charge is -2.10. The molecule has 0 fully saturated rings. The molecule has 0 bridgehead atoms. The Morgan fingerprint density at radius 3 is 2.58 bits per heavy atom. The predicted octanol–water partition coefficient (Wildman–Crippen LogP) is 5.11. The number of amides is 1. The second-order valence-corrected chi connectivity index (χ2v) is 9.75. The number of esters is 1. The average molecular weight is 548 g/mol. The standard InChI is InChI=1S/C27H22ClN5O4S/c1-3-37-27(36)22-13-18(24(34)17-9-5-6-10-19(17)28)26(38-22)33-15(2)31-32-23(33)14-29-25(35)21-12-16-8-4-7-11-20(16)30-21/h4-13,30H,3,14H2,1-2H3,(H,29,35). The Hall–Kier alpha value is -4.28. The molecule has 5 aromatic rings. The van der Waals surface area contributed by atoms with Crippen LogP contribution in [0.4, 0.5) is 0 Å². The van der Waals surface area contributed by atoms with Gasteiger partial charge in [0.25, 0.3) is 5.91 Å². The first-order valence-corrected chi connectivity index (χ1v) is 12.9. The third-order valence-corrected chi connectivity index (χ3v) is 7.26. The van der Waals surface area contributed by atoms with Crippen molar-refractivity contribution in [2.75, 3.05) is 6.61 Å². The number of ether oxygens (including phenoxy) is 1. The second-order valence-electron chi connectivity index (χ2n) is 8.31. The number of halogens is 1. The summed E-state index contributed by atoms with van der Waals surface area (Å²) in [5.74, 6) is -0.364. The van der Waals surface area contributed by atoms with E-state index in [1.807, 2.05) is 24.3 Å². The first-order chi connectivity index (χ1) is 18.4. The van der Waals surface area contributed by atoms with Crippen molar-refractivity contribution in [3.8, 4) is 5.00 Å². The molecule has 38 heavy (non-hydrogen) atoms. The van der Waals surface area contributed by atoms with Gasteiger partial charge in [-0.1, -0.05) is 41.9 Å². The van der Waals surface area contributed by atoms with Crippen molar-refractivity contribution in [1.29, 1.82) is 0 Å². The van der Waals surface area contributed by atoms with Crippen molar-refractivity contribution >= 4 is 51.5 Å². The Morgan fingerprint density at radius 2 is 1.82 bits per heavy atom. The lowest BCUT2D eigenvalue weighted by molar-refractivity contribution is 0.0532.